The highest BCUT2D eigenvalue weighted by molar-refractivity contribution is 5.92. The number of aliphatic hydroxyl groups excluding tert-OH is 1. The Labute approximate surface area is 140 Å². The minimum absolute atomic E-state index is 0.00407. The number of carbonyl (C=O) groups excluding carboxylic acids is 1. The number of aromatic nitrogens is 1. The van der Waals surface area contributed by atoms with Crippen LogP contribution >= 0.6 is 0 Å². The summed E-state index contributed by atoms with van der Waals surface area (Å²) in [4.78, 5) is 13.8. The Morgan fingerprint density at radius 1 is 1.40 bits per heavy atom. The fourth-order valence-corrected chi connectivity index (χ4v) is 2.98. The summed E-state index contributed by atoms with van der Waals surface area (Å²) in [5.74, 6) is -0.745. The first kappa shape index (κ1) is 17.3. The molecule has 1 aliphatic heterocycles. The number of alkyl halides is 3. The number of carbonyl (C=O) groups is 1. The predicted octanol–water partition coefficient (Wildman–Crippen LogP) is 2.65. The number of methoxy groups -OCH3 is 1. The third kappa shape index (κ3) is 3.32. The molecule has 0 spiro atoms. The van der Waals surface area contributed by atoms with E-state index < -0.39 is 29.8 Å². The van der Waals surface area contributed by atoms with Crippen LogP contribution in [0, 0.1) is 0 Å². The van der Waals surface area contributed by atoms with Crippen LogP contribution in [0.2, 0.25) is 0 Å². The molecule has 1 fully saturated rings. The van der Waals surface area contributed by atoms with Crippen LogP contribution in [0.1, 0.15) is 34.1 Å². The molecule has 9 heteroatoms. The minimum atomic E-state index is -4.56. The summed E-state index contributed by atoms with van der Waals surface area (Å²) in [6.45, 7) is -0.0985. The van der Waals surface area contributed by atoms with Crippen molar-refractivity contribution in [2.24, 2.45) is 0 Å². The monoisotopic (exact) mass is 356 g/mol. The van der Waals surface area contributed by atoms with Gasteiger partial charge in [0.25, 0.3) is 11.8 Å². The maximum absolute atomic E-state index is 13.3. The van der Waals surface area contributed by atoms with E-state index in [0.717, 1.165) is 11.0 Å². The number of ether oxygens (including phenoxy) is 1. The van der Waals surface area contributed by atoms with E-state index >= 15 is 0 Å². The normalized spacial score (nSPS) is 20.8. The Morgan fingerprint density at radius 2 is 2.12 bits per heavy atom. The van der Waals surface area contributed by atoms with Crippen molar-refractivity contribution in [3.05, 3.63) is 47.2 Å². The first-order valence-corrected chi connectivity index (χ1v) is 7.47. The molecule has 1 aliphatic rings. The summed E-state index contributed by atoms with van der Waals surface area (Å²) in [6.07, 6.45) is -5.49. The van der Waals surface area contributed by atoms with Gasteiger partial charge in [-0.15, -0.1) is 0 Å². The van der Waals surface area contributed by atoms with E-state index in [-0.39, 0.29) is 30.2 Å². The molecule has 1 amide bonds. The number of aliphatic hydroxyl groups is 1. The van der Waals surface area contributed by atoms with Gasteiger partial charge in [-0.3, -0.25) is 4.79 Å². The van der Waals surface area contributed by atoms with Gasteiger partial charge in [0, 0.05) is 6.54 Å². The number of β-amino-alcohol motifs (C(OH)–C–C–N with tert-alkyl or cyclic N) is 1. The Balaban J connectivity index is 1.97. The fraction of sp³-hybridized carbons (Fsp3) is 0.375. The van der Waals surface area contributed by atoms with Crippen LogP contribution in [0.15, 0.2) is 34.9 Å². The molecule has 2 aromatic rings. The SMILES string of the molecule is COc1cc(C(=O)N2C[C@@H](O)C[C@@H]2c2ccccc2C(F)(F)F)on1. The lowest BCUT2D eigenvalue weighted by molar-refractivity contribution is -0.138. The maximum atomic E-state index is 13.3. The second kappa shape index (κ2) is 6.40. The van der Waals surface area contributed by atoms with Gasteiger partial charge >= 0.3 is 6.18 Å². The van der Waals surface area contributed by atoms with Crippen molar-refractivity contribution in [2.75, 3.05) is 13.7 Å². The number of hydrogen-bond acceptors (Lipinski definition) is 5. The van der Waals surface area contributed by atoms with Gasteiger partial charge in [0.15, 0.2) is 0 Å². The molecule has 1 saturated heterocycles. The lowest BCUT2D eigenvalue weighted by Crippen LogP contribution is -2.32. The van der Waals surface area contributed by atoms with Crippen molar-refractivity contribution in [3.63, 3.8) is 0 Å². The third-order valence-corrected chi connectivity index (χ3v) is 4.07. The van der Waals surface area contributed by atoms with Crippen LogP contribution in [0.3, 0.4) is 0 Å². The molecule has 0 saturated carbocycles. The molecule has 2 heterocycles. The van der Waals surface area contributed by atoms with Gasteiger partial charge in [0.2, 0.25) is 5.76 Å². The molecular formula is C16H15F3N2O4. The highest BCUT2D eigenvalue weighted by Gasteiger charge is 2.42. The smallest absolute Gasteiger partial charge is 0.416 e. The van der Waals surface area contributed by atoms with Gasteiger partial charge in [-0.05, 0) is 23.2 Å². The van der Waals surface area contributed by atoms with Gasteiger partial charge in [0.1, 0.15) is 0 Å². The number of likely N-dealkylation sites (tertiary alicyclic amines) is 1. The average molecular weight is 356 g/mol. The van der Waals surface area contributed by atoms with Crippen LogP contribution in [0.25, 0.3) is 0 Å². The fourth-order valence-electron chi connectivity index (χ4n) is 2.98. The molecule has 6 nitrogen and oxygen atoms in total. The van der Waals surface area contributed by atoms with Gasteiger partial charge < -0.3 is 19.3 Å². The average Bonchev–Trinajstić information content (AvgIpc) is 3.20. The summed E-state index contributed by atoms with van der Waals surface area (Å²) in [5.41, 5.74) is -0.895. The second-order valence-electron chi connectivity index (χ2n) is 5.68. The van der Waals surface area contributed by atoms with Crippen LogP contribution in [-0.4, -0.2) is 40.8 Å². The molecule has 0 bridgehead atoms. The zero-order valence-electron chi connectivity index (χ0n) is 13.2. The standard InChI is InChI=1S/C16H15F3N2O4/c1-24-14-7-13(25-20-14)15(23)21-8-9(22)6-12(21)10-4-2-3-5-11(10)16(17,18)19/h2-5,7,9,12,22H,6,8H2,1H3/t9-,12+/m0/s1. The number of benzene rings is 1. The molecule has 134 valence electrons. The van der Waals surface area contributed by atoms with Crippen LogP contribution < -0.4 is 4.74 Å². The summed E-state index contributed by atoms with van der Waals surface area (Å²) >= 11 is 0. The first-order chi connectivity index (χ1) is 11.8. The van der Waals surface area contributed by atoms with E-state index in [9.17, 15) is 23.1 Å². The van der Waals surface area contributed by atoms with Crippen LogP contribution in [0.4, 0.5) is 13.2 Å². The summed E-state index contributed by atoms with van der Waals surface area (Å²) in [6, 6.07) is 5.35. The van der Waals surface area contributed by atoms with E-state index in [1.165, 1.54) is 31.4 Å². The molecule has 3 rings (SSSR count). The maximum Gasteiger partial charge on any atom is 0.416 e. The van der Waals surface area contributed by atoms with Gasteiger partial charge in [-0.2, -0.15) is 13.2 Å². The zero-order valence-corrected chi connectivity index (χ0v) is 13.2. The molecule has 1 aromatic carbocycles. The van der Waals surface area contributed by atoms with Crippen LogP contribution in [0.5, 0.6) is 5.88 Å². The lowest BCUT2D eigenvalue weighted by Gasteiger charge is -2.26. The predicted molar refractivity (Wildman–Crippen MR) is 78.9 cm³/mol. The van der Waals surface area contributed by atoms with Gasteiger partial charge in [0.05, 0.1) is 30.9 Å². The lowest BCUT2D eigenvalue weighted by atomic mass is 9.97. The summed E-state index contributed by atoms with van der Waals surface area (Å²) in [5, 5.41) is 13.4. The molecular weight excluding hydrogens is 341 g/mol. The number of amides is 1. The Kier molecular flexibility index (Phi) is 4.42. The van der Waals surface area contributed by atoms with Crippen molar-refractivity contribution < 1.29 is 32.3 Å². The molecule has 2 atom stereocenters. The van der Waals surface area contributed by atoms with E-state index in [4.69, 9.17) is 9.26 Å². The highest BCUT2D eigenvalue weighted by atomic mass is 19.4. The molecule has 1 N–H and O–H groups in total. The Hall–Kier alpha value is -2.55. The Morgan fingerprint density at radius 3 is 2.76 bits per heavy atom. The molecule has 0 unspecified atom stereocenters. The highest BCUT2D eigenvalue weighted by Crippen LogP contribution is 2.41. The minimum Gasteiger partial charge on any atom is -0.479 e. The molecule has 0 aliphatic carbocycles. The van der Waals surface area contributed by atoms with Crippen molar-refractivity contribution in [1.82, 2.24) is 10.1 Å². The first-order valence-electron chi connectivity index (χ1n) is 7.47. The van der Waals surface area contributed by atoms with E-state index in [1.54, 1.807) is 0 Å². The molecule has 25 heavy (non-hydrogen) atoms. The zero-order chi connectivity index (χ0) is 18.2. The van der Waals surface area contributed by atoms with Crippen molar-refractivity contribution >= 4 is 5.91 Å². The largest absolute Gasteiger partial charge is 0.479 e. The van der Waals surface area contributed by atoms with Crippen molar-refractivity contribution in [2.45, 2.75) is 24.7 Å². The Bertz CT molecular complexity index is 775. The third-order valence-electron chi connectivity index (χ3n) is 4.07. The topological polar surface area (TPSA) is 75.8 Å². The quantitative estimate of drug-likeness (QED) is 0.915. The number of rotatable bonds is 3. The van der Waals surface area contributed by atoms with Gasteiger partial charge in [-0.25, -0.2) is 0 Å². The van der Waals surface area contributed by atoms with Crippen molar-refractivity contribution in [3.8, 4) is 5.88 Å². The van der Waals surface area contributed by atoms with E-state index in [2.05, 4.69) is 5.16 Å². The van der Waals surface area contributed by atoms with Crippen LogP contribution in [-0.2, 0) is 6.18 Å². The summed E-state index contributed by atoms with van der Waals surface area (Å²) in [7, 11) is 1.34. The number of hydrogen-bond donors (Lipinski definition) is 1. The summed E-state index contributed by atoms with van der Waals surface area (Å²) < 4.78 is 49.6. The van der Waals surface area contributed by atoms with E-state index in [0.29, 0.717) is 0 Å². The number of halogens is 3. The van der Waals surface area contributed by atoms with E-state index in [1.807, 2.05) is 0 Å². The number of nitrogens with zero attached hydrogens (tertiary/aromatic N) is 2. The molecule has 1 aromatic heterocycles. The van der Waals surface area contributed by atoms with Gasteiger partial charge in [-0.1, -0.05) is 18.2 Å². The van der Waals surface area contributed by atoms with Crippen molar-refractivity contribution in [1.29, 1.82) is 0 Å². The molecule has 0 radical (unpaired) electrons. The second-order valence-corrected chi connectivity index (χ2v) is 5.68.